The molecule has 30 heavy (non-hydrogen) atoms. The molecule has 1 heterocycles. The minimum atomic E-state index is -0.195. The summed E-state index contributed by atoms with van der Waals surface area (Å²) in [5.41, 5.74) is 3.74. The van der Waals surface area contributed by atoms with E-state index in [0.29, 0.717) is 27.4 Å². The van der Waals surface area contributed by atoms with Gasteiger partial charge in [-0.2, -0.15) is 0 Å². The van der Waals surface area contributed by atoms with Crippen molar-refractivity contribution in [3.8, 4) is 5.75 Å². The molecule has 1 amide bonds. The average molecular weight is 435 g/mol. The number of halogens is 1. The van der Waals surface area contributed by atoms with Gasteiger partial charge in [0.25, 0.3) is 5.91 Å². The molecule has 0 spiro atoms. The van der Waals surface area contributed by atoms with Crippen molar-refractivity contribution in [2.75, 3.05) is 0 Å². The average Bonchev–Trinajstić information content (AvgIpc) is 3.08. The van der Waals surface area contributed by atoms with E-state index < -0.39 is 0 Å². The van der Waals surface area contributed by atoms with Crippen LogP contribution >= 0.6 is 23.4 Å². The van der Waals surface area contributed by atoms with Crippen LogP contribution in [0, 0.1) is 6.92 Å². The van der Waals surface area contributed by atoms with Gasteiger partial charge in [-0.15, -0.1) is 0 Å². The van der Waals surface area contributed by atoms with Crippen LogP contribution in [0.4, 0.5) is 5.69 Å². The molecule has 0 aromatic heterocycles. The first-order valence-electron chi connectivity index (χ1n) is 9.40. The summed E-state index contributed by atoms with van der Waals surface area (Å²) in [5, 5.41) is 3.82. The third-order valence-electron chi connectivity index (χ3n) is 4.41. The second-order valence-corrected chi connectivity index (χ2v) is 8.19. The van der Waals surface area contributed by atoms with Crippen LogP contribution in [0.25, 0.3) is 6.08 Å². The van der Waals surface area contributed by atoms with Gasteiger partial charge in [-0.05, 0) is 48.5 Å². The number of amides is 1. The number of para-hydroxylation sites is 2. The number of carbonyl (C=O) groups excluding carboxylic acids is 1. The molecule has 6 heteroatoms. The van der Waals surface area contributed by atoms with Crippen molar-refractivity contribution in [2.24, 2.45) is 4.99 Å². The number of benzene rings is 3. The molecule has 0 saturated carbocycles. The van der Waals surface area contributed by atoms with Gasteiger partial charge in [-0.3, -0.25) is 4.79 Å². The van der Waals surface area contributed by atoms with Crippen LogP contribution in [0.5, 0.6) is 5.75 Å². The molecule has 150 valence electrons. The Balaban J connectivity index is 1.53. The van der Waals surface area contributed by atoms with E-state index in [-0.39, 0.29) is 5.91 Å². The first kappa shape index (κ1) is 20.3. The van der Waals surface area contributed by atoms with E-state index in [4.69, 9.17) is 16.3 Å². The van der Waals surface area contributed by atoms with Gasteiger partial charge < -0.3 is 10.1 Å². The summed E-state index contributed by atoms with van der Waals surface area (Å²) in [7, 11) is 0. The predicted molar refractivity (Wildman–Crippen MR) is 124 cm³/mol. The summed E-state index contributed by atoms with van der Waals surface area (Å²) in [6.07, 6.45) is 1.82. The van der Waals surface area contributed by atoms with E-state index in [9.17, 15) is 4.79 Å². The van der Waals surface area contributed by atoms with E-state index in [1.807, 2.05) is 54.6 Å². The Labute approximate surface area is 184 Å². The van der Waals surface area contributed by atoms with Crippen LogP contribution in [-0.2, 0) is 11.4 Å². The van der Waals surface area contributed by atoms with E-state index in [1.165, 1.54) is 17.3 Å². The Bertz CT molecular complexity index is 1160. The maximum Gasteiger partial charge on any atom is 0.264 e. The quantitative estimate of drug-likeness (QED) is 0.492. The van der Waals surface area contributed by atoms with Gasteiger partial charge in [-0.25, -0.2) is 4.99 Å². The zero-order valence-corrected chi connectivity index (χ0v) is 17.8. The molecule has 0 bridgehead atoms. The molecule has 1 aliphatic heterocycles. The summed E-state index contributed by atoms with van der Waals surface area (Å²) >= 11 is 7.44. The molecule has 0 aliphatic carbocycles. The first-order valence-corrected chi connectivity index (χ1v) is 10.6. The monoisotopic (exact) mass is 434 g/mol. The van der Waals surface area contributed by atoms with Crippen molar-refractivity contribution in [3.05, 3.63) is 99.4 Å². The molecule has 1 N–H and O–H groups in total. The number of ether oxygens (including phenoxy) is 1. The van der Waals surface area contributed by atoms with Crippen LogP contribution in [-0.4, -0.2) is 11.1 Å². The summed E-state index contributed by atoms with van der Waals surface area (Å²) in [4.78, 5) is 17.4. The number of hydrogen-bond donors (Lipinski definition) is 1. The number of thioether (sulfide) groups is 1. The molecule has 1 aliphatic rings. The van der Waals surface area contributed by atoms with Gasteiger partial charge in [0, 0.05) is 5.56 Å². The zero-order chi connectivity index (χ0) is 20.9. The summed E-state index contributed by atoms with van der Waals surface area (Å²) < 4.78 is 6.03. The molecule has 0 unspecified atom stereocenters. The van der Waals surface area contributed by atoms with Gasteiger partial charge in [0.15, 0.2) is 5.17 Å². The van der Waals surface area contributed by atoms with Crippen molar-refractivity contribution in [1.29, 1.82) is 0 Å². The van der Waals surface area contributed by atoms with Crippen molar-refractivity contribution in [3.63, 3.8) is 0 Å². The highest BCUT2D eigenvalue weighted by atomic mass is 35.5. The van der Waals surface area contributed by atoms with E-state index in [1.54, 1.807) is 12.1 Å². The van der Waals surface area contributed by atoms with E-state index >= 15 is 0 Å². The summed E-state index contributed by atoms with van der Waals surface area (Å²) in [6, 6.07) is 23.1. The van der Waals surface area contributed by atoms with Crippen molar-refractivity contribution < 1.29 is 9.53 Å². The second kappa shape index (κ2) is 9.20. The minimum absolute atomic E-state index is 0.195. The number of aliphatic imine (C=N–C) groups is 1. The third kappa shape index (κ3) is 4.93. The van der Waals surface area contributed by atoms with Gasteiger partial charge in [0.1, 0.15) is 12.4 Å². The van der Waals surface area contributed by atoms with Crippen LogP contribution in [0.2, 0.25) is 5.02 Å². The first-order chi connectivity index (χ1) is 14.6. The second-order valence-electron chi connectivity index (χ2n) is 6.75. The lowest BCUT2D eigenvalue weighted by Gasteiger charge is -2.10. The minimum Gasteiger partial charge on any atom is -0.488 e. The predicted octanol–water partition coefficient (Wildman–Crippen LogP) is 6.12. The lowest BCUT2D eigenvalue weighted by atomic mass is 10.1. The maximum atomic E-state index is 12.4. The Morgan fingerprint density at radius 2 is 1.87 bits per heavy atom. The number of carbonyl (C=O) groups is 1. The van der Waals surface area contributed by atoms with Crippen molar-refractivity contribution in [1.82, 2.24) is 5.32 Å². The van der Waals surface area contributed by atoms with Crippen LogP contribution in [0.15, 0.2) is 82.7 Å². The highest BCUT2D eigenvalue weighted by Crippen LogP contribution is 2.32. The zero-order valence-electron chi connectivity index (χ0n) is 16.3. The van der Waals surface area contributed by atoms with E-state index in [2.05, 4.69) is 29.4 Å². The summed E-state index contributed by atoms with van der Waals surface area (Å²) in [6.45, 7) is 2.51. The van der Waals surface area contributed by atoms with Gasteiger partial charge >= 0.3 is 0 Å². The van der Waals surface area contributed by atoms with Crippen molar-refractivity contribution in [2.45, 2.75) is 13.5 Å². The largest absolute Gasteiger partial charge is 0.488 e. The Kier molecular flexibility index (Phi) is 6.21. The molecule has 4 nitrogen and oxygen atoms in total. The number of nitrogens with zero attached hydrogens (tertiary/aromatic N) is 1. The standard InChI is InChI=1S/C24H19ClN2O2S/c1-16-7-6-8-17(13-16)15-29-21-12-5-2-9-18(21)14-22-23(28)27-24(30-22)26-20-11-4-3-10-19(20)25/h2-14H,15H2,1H3,(H,26,27,28)/b22-14-. The lowest BCUT2D eigenvalue weighted by Crippen LogP contribution is -2.19. The molecule has 1 saturated heterocycles. The van der Waals surface area contributed by atoms with Crippen LogP contribution in [0.1, 0.15) is 16.7 Å². The Morgan fingerprint density at radius 1 is 1.07 bits per heavy atom. The Morgan fingerprint density at radius 3 is 2.70 bits per heavy atom. The number of amidine groups is 1. The highest BCUT2D eigenvalue weighted by molar-refractivity contribution is 8.18. The Hall–Kier alpha value is -3.02. The van der Waals surface area contributed by atoms with Gasteiger partial charge in [0.2, 0.25) is 0 Å². The smallest absolute Gasteiger partial charge is 0.264 e. The fourth-order valence-corrected chi connectivity index (χ4v) is 3.97. The van der Waals surface area contributed by atoms with E-state index in [0.717, 1.165) is 16.9 Å². The topological polar surface area (TPSA) is 50.7 Å². The lowest BCUT2D eigenvalue weighted by molar-refractivity contribution is -0.115. The third-order valence-corrected chi connectivity index (χ3v) is 5.64. The molecule has 1 fully saturated rings. The molecule has 0 atom stereocenters. The molecular weight excluding hydrogens is 416 g/mol. The molecule has 3 aromatic rings. The fourth-order valence-electron chi connectivity index (χ4n) is 2.97. The normalized spacial score (nSPS) is 16.1. The highest BCUT2D eigenvalue weighted by Gasteiger charge is 2.24. The number of nitrogens with one attached hydrogen (secondary N) is 1. The van der Waals surface area contributed by atoms with Gasteiger partial charge in [0.05, 0.1) is 15.6 Å². The van der Waals surface area contributed by atoms with Crippen molar-refractivity contribution >= 4 is 46.2 Å². The number of aryl methyl sites for hydroxylation is 1. The number of hydrogen-bond acceptors (Lipinski definition) is 4. The van der Waals surface area contributed by atoms with Crippen LogP contribution < -0.4 is 10.1 Å². The fraction of sp³-hybridized carbons (Fsp3) is 0.0833. The summed E-state index contributed by atoms with van der Waals surface area (Å²) in [5.74, 6) is 0.524. The maximum absolute atomic E-state index is 12.4. The van der Waals surface area contributed by atoms with Gasteiger partial charge in [-0.1, -0.05) is 71.8 Å². The molecule has 3 aromatic carbocycles. The SMILES string of the molecule is Cc1cccc(COc2ccccc2/C=C2\SC(=Nc3ccccc3Cl)NC2=O)c1. The molecule has 4 rings (SSSR count). The molecule has 0 radical (unpaired) electrons. The number of rotatable bonds is 5. The molecular formula is C24H19ClN2O2S. The van der Waals surface area contributed by atoms with Crippen LogP contribution in [0.3, 0.4) is 0 Å².